The number of amides is 1. The predicted octanol–water partition coefficient (Wildman–Crippen LogP) is 0.719. The minimum absolute atomic E-state index is 0.0193. The van der Waals surface area contributed by atoms with Gasteiger partial charge < -0.3 is 10.0 Å². The Kier molecular flexibility index (Phi) is 3.03. The summed E-state index contributed by atoms with van der Waals surface area (Å²) in [7, 11) is 0. The van der Waals surface area contributed by atoms with Crippen LogP contribution in [0.5, 0.6) is 0 Å². The molecule has 6 heteroatoms. The highest BCUT2D eigenvalue weighted by Gasteiger charge is 2.39. The monoisotopic (exact) mass is 207 g/mol. The molecule has 0 unspecified atom stereocenters. The quantitative estimate of drug-likeness (QED) is 0.741. The van der Waals surface area contributed by atoms with Crippen molar-refractivity contribution in [2.75, 3.05) is 13.1 Å². The van der Waals surface area contributed by atoms with Crippen LogP contribution >= 0.6 is 0 Å². The van der Waals surface area contributed by atoms with Gasteiger partial charge in [0.05, 0.1) is 13.0 Å². The molecule has 1 N–H and O–H groups in total. The zero-order chi connectivity index (χ0) is 10.8. The van der Waals surface area contributed by atoms with Crippen LogP contribution < -0.4 is 0 Å². The Balaban J connectivity index is 2.36. The van der Waals surface area contributed by atoms with Crippen molar-refractivity contribution >= 4 is 11.9 Å². The number of carbonyl (C=O) groups is 2. The van der Waals surface area contributed by atoms with E-state index in [1.165, 1.54) is 0 Å². The summed E-state index contributed by atoms with van der Waals surface area (Å²) in [5, 5.41) is 8.29. The van der Waals surface area contributed by atoms with Gasteiger partial charge in [-0.25, -0.2) is 8.78 Å². The number of halogens is 2. The first-order valence-electron chi connectivity index (χ1n) is 4.28. The Bertz CT molecular complexity index is 255. The molecule has 80 valence electrons. The van der Waals surface area contributed by atoms with Gasteiger partial charge in [-0.1, -0.05) is 0 Å². The van der Waals surface area contributed by atoms with E-state index in [1.807, 2.05) is 0 Å². The third-order valence-electron chi connectivity index (χ3n) is 2.08. The van der Waals surface area contributed by atoms with Crippen molar-refractivity contribution in [3.63, 3.8) is 0 Å². The van der Waals surface area contributed by atoms with Crippen molar-refractivity contribution in [3.05, 3.63) is 0 Å². The maximum absolute atomic E-state index is 12.6. The number of carboxylic acids is 1. The van der Waals surface area contributed by atoms with Gasteiger partial charge in [-0.15, -0.1) is 0 Å². The second-order valence-electron chi connectivity index (χ2n) is 3.31. The van der Waals surface area contributed by atoms with Crippen LogP contribution in [-0.2, 0) is 9.59 Å². The van der Waals surface area contributed by atoms with E-state index in [0.29, 0.717) is 0 Å². The minimum Gasteiger partial charge on any atom is -0.481 e. The number of likely N-dealkylation sites (tertiary alicyclic amines) is 1. The number of hydrogen-bond acceptors (Lipinski definition) is 2. The molecule has 1 amide bonds. The predicted molar refractivity (Wildman–Crippen MR) is 43.0 cm³/mol. The van der Waals surface area contributed by atoms with Crippen LogP contribution in [0.4, 0.5) is 8.78 Å². The van der Waals surface area contributed by atoms with Gasteiger partial charge in [0.1, 0.15) is 0 Å². The molecule has 0 atom stereocenters. The Hall–Kier alpha value is -1.20. The average molecular weight is 207 g/mol. The number of carbonyl (C=O) groups excluding carboxylic acids is 1. The lowest BCUT2D eigenvalue weighted by Crippen LogP contribution is -2.31. The second kappa shape index (κ2) is 3.89. The topological polar surface area (TPSA) is 57.6 Å². The zero-order valence-electron chi connectivity index (χ0n) is 7.50. The van der Waals surface area contributed by atoms with Gasteiger partial charge in [-0.3, -0.25) is 9.59 Å². The summed E-state index contributed by atoms with van der Waals surface area (Å²) in [6.07, 6.45) is -0.835. The lowest BCUT2D eigenvalue weighted by molar-refractivity contribution is -0.140. The molecule has 1 aliphatic heterocycles. The molecule has 1 heterocycles. The number of nitrogens with zero attached hydrogens (tertiary/aromatic N) is 1. The van der Waals surface area contributed by atoms with E-state index in [0.717, 1.165) is 4.90 Å². The van der Waals surface area contributed by atoms with E-state index in [4.69, 9.17) is 5.11 Å². The highest BCUT2D eigenvalue weighted by molar-refractivity contribution is 5.81. The molecular weight excluding hydrogens is 196 g/mol. The van der Waals surface area contributed by atoms with Crippen LogP contribution in [0, 0.1) is 0 Å². The molecule has 0 aromatic carbocycles. The van der Waals surface area contributed by atoms with Crippen LogP contribution in [0.15, 0.2) is 0 Å². The van der Waals surface area contributed by atoms with Gasteiger partial charge >= 0.3 is 5.97 Å². The van der Waals surface area contributed by atoms with Crippen LogP contribution in [0.25, 0.3) is 0 Å². The molecule has 14 heavy (non-hydrogen) atoms. The van der Waals surface area contributed by atoms with Crippen molar-refractivity contribution in [1.82, 2.24) is 4.90 Å². The fourth-order valence-corrected chi connectivity index (χ4v) is 1.32. The van der Waals surface area contributed by atoms with Crippen LogP contribution in [0.2, 0.25) is 0 Å². The number of carboxylic acid groups (broad SMARTS) is 1. The SMILES string of the molecule is O=C(O)CCC(=O)N1CCC(F)(F)C1. The third kappa shape index (κ3) is 2.93. The first-order valence-corrected chi connectivity index (χ1v) is 4.28. The van der Waals surface area contributed by atoms with Gasteiger partial charge in [0.2, 0.25) is 5.91 Å². The van der Waals surface area contributed by atoms with Gasteiger partial charge in [-0.05, 0) is 0 Å². The Morgan fingerprint density at radius 2 is 2.00 bits per heavy atom. The van der Waals surface area contributed by atoms with Crippen LogP contribution in [0.1, 0.15) is 19.3 Å². The van der Waals surface area contributed by atoms with E-state index in [2.05, 4.69) is 0 Å². The maximum Gasteiger partial charge on any atom is 0.303 e. The van der Waals surface area contributed by atoms with Crippen LogP contribution in [-0.4, -0.2) is 40.9 Å². The van der Waals surface area contributed by atoms with Crippen molar-refractivity contribution in [2.24, 2.45) is 0 Å². The summed E-state index contributed by atoms with van der Waals surface area (Å²) in [6, 6.07) is 0. The average Bonchev–Trinajstić information content (AvgIpc) is 2.41. The second-order valence-corrected chi connectivity index (χ2v) is 3.31. The smallest absolute Gasteiger partial charge is 0.303 e. The Labute approximate surface area is 79.5 Å². The molecule has 4 nitrogen and oxygen atoms in total. The minimum atomic E-state index is -2.81. The fourth-order valence-electron chi connectivity index (χ4n) is 1.32. The molecule has 0 aromatic heterocycles. The normalized spacial score (nSPS) is 19.7. The van der Waals surface area contributed by atoms with Gasteiger partial charge in [0.25, 0.3) is 5.92 Å². The summed E-state index contributed by atoms with van der Waals surface area (Å²) in [5.74, 6) is -4.41. The molecule has 0 bridgehead atoms. The fraction of sp³-hybridized carbons (Fsp3) is 0.750. The standard InChI is InChI=1S/C8H11F2NO3/c9-8(10)3-4-11(5-8)6(12)1-2-7(13)14/h1-5H2,(H,13,14). The van der Waals surface area contributed by atoms with E-state index in [-0.39, 0.29) is 25.8 Å². The Morgan fingerprint density at radius 1 is 1.36 bits per heavy atom. The lowest BCUT2D eigenvalue weighted by Gasteiger charge is -2.15. The van der Waals surface area contributed by atoms with Crippen molar-refractivity contribution in [3.8, 4) is 0 Å². The van der Waals surface area contributed by atoms with Crippen molar-refractivity contribution in [2.45, 2.75) is 25.2 Å². The molecule has 0 spiro atoms. The van der Waals surface area contributed by atoms with Gasteiger partial charge in [-0.2, -0.15) is 0 Å². The van der Waals surface area contributed by atoms with E-state index in [9.17, 15) is 18.4 Å². The largest absolute Gasteiger partial charge is 0.481 e. The number of rotatable bonds is 3. The molecule has 0 saturated carbocycles. The molecule has 1 saturated heterocycles. The zero-order valence-corrected chi connectivity index (χ0v) is 7.50. The molecular formula is C8H11F2NO3. The van der Waals surface area contributed by atoms with Crippen molar-refractivity contribution in [1.29, 1.82) is 0 Å². The molecule has 1 rings (SSSR count). The maximum atomic E-state index is 12.6. The molecule has 1 aliphatic rings. The van der Waals surface area contributed by atoms with Gasteiger partial charge in [0.15, 0.2) is 0 Å². The Morgan fingerprint density at radius 3 is 2.43 bits per heavy atom. The van der Waals surface area contributed by atoms with E-state index >= 15 is 0 Å². The first-order chi connectivity index (χ1) is 6.41. The molecule has 0 aromatic rings. The summed E-state index contributed by atoms with van der Waals surface area (Å²) in [6.45, 7) is -0.559. The summed E-state index contributed by atoms with van der Waals surface area (Å²) < 4.78 is 25.3. The lowest BCUT2D eigenvalue weighted by atomic mass is 10.3. The summed E-state index contributed by atoms with van der Waals surface area (Å²) >= 11 is 0. The number of aliphatic carboxylic acids is 1. The van der Waals surface area contributed by atoms with Crippen LogP contribution in [0.3, 0.4) is 0 Å². The van der Waals surface area contributed by atoms with Crippen molar-refractivity contribution < 1.29 is 23.5 Å². The van der Waals surface area contributed by atoms with E-state index in [1.54, 1.807) is 0 Å². The number of alkyl halides is 2. The molecule has 0 aliphatic carbocycles. The highest BCUT2D eigenvalue weighted by Crippen LogP contribution is 2.27. The van der Waals surface area contributed by atoms with E-state index < -0.39 is 24.3 Å². The highest BCUT2D eigenvalue weighted by atomic mass is 19.3. The third-order valence-corrected chi connectivity index (χ3v) is 2.08. The molecule has 1 fully saturated rings. The van der Waals surface area contributed by atoms with Gasteiger partial charge in [0, 0.05) is 19.4 Å². The summed E-state index contributed by atoms with van der Waals surface area (Å²) in [4.78, 5) is 22.3. The molecule has 0 radical (unpaired) electrons. The number of hydrogen-bond donors (Lipinski definition) is 1. The first kappa shape index (κ1) is 10.9. The summed E-state index contributed by atoms with van der Waals surface area (Å²) in [5.41, 5.74) is 0.